The molecule has 6 nitrogen and oxygen atoms in total. The van der Waals surface area contributed by atoms with Gasteiger partial charge in [-0.25, -0.2) is 14.8 Å². The zero-order chi connectivity index (χ0) is 23.9. The Kier molecular flexibility index (Phi) is 7.48. The van der Waals surface area contributed by atoms with E-state index in [1.54, 1.807) is 12.4 Å². The fourth-order valence-corrected chi connectivity index (χ4v) is 3.97. The van der Waals surface area contributed by atoms with Gasteiger partial charge < -0.3 is 10.1 Å². The fourth-order valence-electron chi connectivity index (χ4n) is 3.97. The van der Waals surface area contributed by atoms with Crippen LogP contribution in [0, 0.1) is 5.92 Å². The summed E-state index contributed by atoms with van der Waals surface area (Å²) in [7, 11) is 0. The van der Waals surface area contributed by atoms with Gasteiger partial charge in [0, 0.05) is 17.8 Å². The number of pyridine rings is 1. The zero-order valence-corrected chi connectivity index (χ0v) is 19.9. The van der Waals surface area contributed by atoms with Crippen molar-refractivity contribution in [2.45, 2.75) is 46.3 Å². The molecule has 2 aromatic heterocycles. The normalized spacial score (nSPS) is 12.0. The molecule has 1 amide bonds. The summed E-state index contributed by atoms with van der Waals surface area (Å²) in [6.07, 6.45) is 4.59. The second kappa shape index (κ2) is 10.9. The highest BCUT2D eigenvalue weighted by Crippen LogP contribution is 2.27. The second-order valence-electron chi connectivity index (χ2n) is 8.74. The maximum Gasteiger partial charge on any atom is 0.408 e. The molecule has 2 heterocycles. The summed E-state index contributed by atoms with van der Waals surface area (Å²) in [5.41, 5.74) is 4.97. The van der Waals surface area contributed by atoms with Crippen molar-refractivity contribution >= 4 is 17.0 Å². The van der Waals surface area contributed by atoms with Crippen LogP contribution in [0.1, 0.15) is 50.3 Å². The molecule has 0 fully saturated rings. The number of carbonyl (C=O) groups is 1. The number of rotatable bonds is 8. The lowest BCUT2D eigenvalue weighted by Crippen LogP contribution is -2.31. The van der Waals surface area contributed by atoms with Gasteiger partial charge in [0.1, 0.15) is 6.61 Å². The molecule has 0 saturated heterocycles. The number of carbonyl (C=O) groups excluding carboxylic acids is 1. The summed E-state index contributed by atoms with van der Waals surface area (Å²) in [5, 5.41) is 4.02. The number of hydrogen-bond acceptors (Lipinski definition) is 5. The predicted molar refractivity (Wildman–Crippen MR) is 134 cm³/mol. The Morgan fingerprint density at radius 2 is 1.74 bits per heavy atom. The van der Waals surface area contributed by atoms with Crippen LogP contribution in [0.3, 0.4) is 0 Å². The highest BCUT2D eigenvalue weighted by atomic mass is 16.5. The van der Waals surface area contributed by atoms with Crippen molar-refractivity contribution in [3.05, 3.63) is 90.1 Å². The quantitative estimate of drug-likeness (QED) is 0.340. The van der Waals surface area contributed by atoms with Crippen molar-refractivity contribution in [1.82, 2.24) is 20.3 Å². The van der Waals surface area contributed by atoms with Crippen molar-refractivity contribution < 1.29 is 9.53 Å². The molecule has 174 valence electrons. The highest BCUT2D eigenvalue weighted by Gasteiger charge is 2.21. The molecule has 0 radical (unpaired) electrons. The van der Waals surface area contributed by atoms with E-state index in [1.165, 1.54) is 0 Å². The summed E-state index contributed by atoms with van der Waals surface area (Å²) >= 11 is 0. The minimum atomic E-state index is -0.468. The van der Waals surface area contributed by atoms with E-state index in [2.05, 4.69) is 43.2 Å². The lowest BCUT2D eigenvalue weighted by Gasteiger charge is -2.20. The number of ether oxygens (including phenoxy) is 1. The van der Waals surface area contributed by atoms with Gasteiger partial charge in [-0.05, 0) is 59.7 Å². The van der Waals surface area contributed by atoms with Crippen LogP contribution >= 0.6 is 0 Å². The number of nitrogens with one attached hydrogen (secondary N) is 1. The molecule has 4 rings (SSSR count). The van der Waals surface area contributed by atoms with Crippen molar-refractivity contribution in [1.29, 1.82) is 0 Å². The summed E-state index contributed by atoms with van der Waals surface area (Å²) in [6.45, 7) is 6.54. The molecule has 6 heteroatoms. The largest absolute Gasteiger partial charge is 0.445 e. The summed E-state index contributed by atoms with van der Waals surface area (Å²) in [5.74, 6) is 0.962. The van der Waals surface area contributed by atoms with Gasteiger partial charge in [0.15, 0.2) is 5.82 Å². The maximum absolute atomic E-state index is 12.6. The Morgan fingerprint density at radius 3 is 2.44 bits per heavy atom. The number of fused-ring (bicyclic) bond motifs is 1. The lowest BCUT2D eigenvalue weighted by molar-refractivity contribution is 0.133. The van der Waals surface area contributed by atoms with Crippen LogP contribution in [0.15, 0.2) is 73.1 Å². The van der Waals surface area contributed by atoms with E-state index < -0.39 is 6.09 Å². The number of benzene rings is 2. The van der Waals surface area contributed by atoms with Crippen LogP contribution in [0.5, 0.6) is 0 Å². The molecular weight excluding hydrogens is 424 g/mol. The molecule has 1 atom stereocenters. The molecule has 0 aliphatic rings. The van der Waals surface area contributed by atoms with E-state index in [9.17, 15) is 4.79 Å². The average molecular weight is 455 g/mol. The van der Waals surface area contributed by atoms with Crippen LogP contribution in [-0.2, 0) is 17.8 Å². The highest BCUT2D eigenvalue weighted by molar-refractivity contribution is 5.86. The topological polar surface area (TPSA) is 77.0 Å². The Labute approximate surface area is 200 Å². The number of hydrogen-bond donors (Lipinski definition) is 1. The molecule has 0 aliphatic carbocycles. The average Bonchev–Trinajstić information content (AvgIpc) is 2.87. The summed E-state index contributed by atoms with van der Waals surface area (Å²) in [4.78, 5) is 26.4. The first-order valence-corrected chi connectivity index (χ1v) is 11.7. The third kappa shape index (κ3) is 5.76. The van der Waals surface area contributed by atoms with E-state index in [4.69, 9.17) is 14.7 Å². The van der Waals surface area contributed by atoms with E-state index in [0.717, 1.165) is 39.7 Å². The smallest absolute Gasteiger partial charge is 0.408 e. The van der Waals surface area contributed by atoms with Crippen molar-refractivity contribution in [2.75, 3.05) is 0 Å². The standard InChI is InChI=1S/C28H30N4O2/c1-4-24-23-17-22(21-12-14-29-15-13-21)10-11-25(23)31-27(30-24)26(16-19(2)3)32-28(33)34-18-20-8-6-5-7-9-20/h5-15,17,19,26H,4,16,18H2,1-3H3,(H,32,33). The van der Waals surface area contributed by atoms with Gasteiger partial charge in [0.05, 0.1) is 17.3 Å². The Bertz CT molecular complexity index is 1240. The maximum atomic E-state index is 12.6. The molecule has 0 saturated carbocycles. The summed E-state index contributed by atoms with van der Waals surface area (Å²) in [6, 6.07) is 19.5. The number of amides is 1. The first-order chi connectivity index (χ1) is 16.5. The lowest BCUT2D eigenvalue weighted by atomic mass is 10.0. The van der Waals surface area contributed by atoms with E-state index in [-0.39, 0.29) is 12.6 Å². The zero-order valence-electron chi connectivity index (χ0n) is 19.9. The van der Waals surface area contributed by atoms with Crippen molar-refractivity contribution in [3.8, 4) is 11.1 Å². The van der Waals surface area contributed by atoms with Gasteiger partial charge in [-0.15, -0.1) is 0 Å². The number of nitrogens with zero attached hydrogens (tertiary/aromatic N) is 3. The monoisotopic (exact) mass is 454 g/mol. The first kappa shape index (κ1) is 23.4. The Morgan fingerprint density at radius 1 is 0.971 bits per heavy atom. The van der Waals surface area contributed by atoms with Crippen LogP contribution < -0.4 is 5.32 Å². The van der Waals surface area contributed by atoms with Crippen LogP contribution in [0.25, 0.3) is 22.0 Å². The predicted octanol–water partition coefficient (Wildman–Crippen LogP) is 6.27. The Hall–Kier alpha value is -3.80. The van der Waals surface area contributed by atoms with Crippen molar-refractivity contribution in [2.24, 2.45) is 5.92 Å². The van der Waals surface area contributed by atoms with Gasteiger partial charge in [0.25, 0.3) is 0 Å². The second-order valence-corrected chi connectivity index (χ2v) is 8.74. The van der Waals surface area contributed by atoms with Gasteiger partial charge in [-0.1, -0.05) is 57.2 Å². The van der Waals surface area contributed by atoms with Crippen LogP contribution in [0.4, 0.5) is 4.79 Å². The molecule has 0 bridgehead atoms. The van der Waals surface area contributed by atoms with Crippen LogP contribution in [0.2, 0.25) is 0 Å². The molecule has 2 aromatic carbocycles. The molecule has 4 aromatic rings. The SMILES string of the molecule is CCc1nc(C(CC(C)C)NC(=O)OCc2ccccc2)nc2ccc(-c3ccncc3)cc12. The van der Waals surface area contributed by atoms with Gasteiger partial charge >= 0.3 is 6.09 Å². The van der Waals surface area contributed by atoms with E-state index >= 15 is 0 Å². The van der Waals surface area contributed by atoms with Gasteiger partial charge in [-0.2, -0.15) is 0 Å². The molecule has 1 unspecified atom stereocenters. The number of aryl methyl sites for hydroxylation is 1. The molecule has 34 heavy (non-hydrogen) atoms. The molecule has 1 N–H and O–H groups in total. The third-order valence-corrected chi connectivity index (χ3v) is 5.66. The first-order valence-electron chi connectivity index (χ1n) is 11.7. The third-order valence-electron chi connectivity index (χ3n) is 5.66. The fraction of sp³-hybridized carbons (Fsp3) is 0.286. The number of alkyl carbamates (subject to hydrolysis) is 1. The van der Waals surface area contributed by atoms with Crippen LogP contribution in [-0.4, -0.2) is 21.0 Å². The van der Waals surface area contributed by atoms with E-state index in [0.29, 0.717) is 18.2 Å². The van der Waals surface area contributed by atoms with Gasteiger partial charge in [-0.3, -0.25) is 4.98 Å². The molecular formula is C28H30N4O2. The summed E-state index contributed by atoms with van der Waals surface area (Å²) < 4.78 is 5.46. The Balaban J connectivity index is 1.60. The molecule has 0 spiro atoms. The number of aromatic nitrogens is 3. The van der Waals surface area contributed by atoms with Gasteiger partial charge in [0.2, 0.25) is 0 Å². The van der Waals surface area contributed by atoms with E-state index in [1.807, 2.05) is 48.5 Å². The minimum absolute atomic E-state index is 0.220. The molecule has 0 aliphatic heterocycles. The minimum Gasteiger partial charge on any atom is -0.445 e. The van der Waals surface area contributed by atoms with Crippen molar-refractivity contribution in [3.63, 3.8) is 0 Å².